The summed E-state index contributed by atoms with van der Waals surface area (Å²) in [4.78, 5) is 20.8. The van der Waals surface area contributed by atoms with Crippen LogP contribution in [0.25, 0.3) is 22.7 Å². The molecule has 1 aromatic carbocycles. The third kappa shape index (κ3) is 4.30. The van der Waals surface area contributed by atoms with Crippen LogP contribution >= 0.6 is 0 Å². The molecule has 5 rings (SSSR count). The van der Waals surface area contributed by atoms with Crippen molar-refractivity contribution < 1.29 is 31.5 Å². The number of aryl methyl sites for hydroxylation is 1. The van der Waals surface area contributed by atoms with E-state index in [9.17, 15) is 22.4 Å². The third-order valence-electron chi connectivity index (χ3n) is 5.61. The lowest BCUT2D eigenvalue weighted by Gasteiger charge is -2.20. The Labute approximate surface area is 196 Å². The van der Waals surface area contributed by atoms with E-state index in [2.05, 4.69) is 15.3 Å². The average Bonchev–Trinajstić information content (AvgIpc) is 3.54. The molecular formula is C24H18F4N4O3. The van der Waals surface area contributed by atoms with Crippen molar-refractivity contribution in [3.05, 3.63) is 78.1 Å². The van der Waals surface area contributed by atoms with Gasteiger partial charge < -0.3 is 19.0 Å². The van der Waals surface area contributed by atoms with Gasteiger partial charge in [-0.1, -0.05) is 0 Å². The molecule has 0 radical (unpaired) electrons. The second kappa shape index (κ2) is 8.66. The number of rotatable bonds is 5. The van der Waals surface area contributed by atoms with Gasteiger partial charge in [0.1, 0.15) is 24.2 Å². The van der Waals surface area contributed by atoms with Gasteiger partial charge in [0.25, 0.3) is 11.8 Å². The van der Waals surface area contributed by atoms with Crippen LogP contribution in [0.2, 0.25) is 0 Å². The van der Waals surface area contributed by atoms with E-state index in [0.717, 1.165) is 6.20 Å². The van der Waals surface area contributed by atoms with Crippen LogP contribution in [0.1, 0.15) is 22.3 Å². The first kappa shape index (κ1) is 22.8. The molecule has 4 aromatic rings. The summed E-state index contributed by atoms with van der Waals surface area (Å²) in [5, 5.41) is 2.41. The maximum absolute atomic E-state index is 14.5. The number of carbonyl (C=O) groups is 1. The molecule has 11 heteroatoms. The highest BCUT2D eigenvalue weighted by Gasteiger charge is 2.47. The maximum Gasteiger partial charge on any atom is 0.293 e. The van der Waals surface area contributed by atoms with Crippen molar-refractivity contribution in [1.29, 1.82) is 0 Å². The molecule has 0 aliphatic carbocycles. The minimum Gasteiger partial charge on any atom is -0.449 e. The summed E-state index contributed by atoms with van der Waals surface area (Å²) in [6.45, 7) is 0.637. The first-order chi connectivity index (χ1) is 16.7. The zero-order chi connectivity index (χ0) is 24.7. The van der Waals surface area contributed by atoms with Crippen LogP contribution in [-0.2, 0) is 4.74 Å². The highest BCUT2D eigenvalue weighted by molar-refractivity contribution is 6.02. The Morgan fingerprint density at radius 2 is 1.91 bits per heavy atom. The molecule has 180 valence electrons. The van der Waals surface area contributed by atoms with Gasteiger partial charge in [0.15, 0.2) is 17.3 Å². The van der Waals surface area contributed by atoms with Crippen molar-refractivity contribution in [2.24, 2.45) is 0 Å². The number of alkyl halides is 2. The van der Waals surface area contributed by atoms with E-state index in [1.807, 2.05) is 0 Å². The normalized spacial score (nSPS) is 17.0. The molecule has 35 heavy (non-hydrogen) atoms. The van der Waals surface area contributed by atoms with Crippen LogP contribution in [0.3, 0.4) is 0 Å². The molecule has 1 aliphatic rings. The van der Waals surface area contributed by atoms with Gasteiger partial charge >= 0.3 is 0 Å². The fourth-order valence-electron chi connectivity index (χ4n) is 3.88. The third-order valence-corrected chi connectivity index (χ3v) is 5.61. The molecule has 1 amide bonds. The number of ether oxygens (including phenoxy) is 1. The van der Waals surface area contributed by atoms with Crippen molar-refractivity contribution in [2.75, 3.05) is 18.5 Å². The van der Waals surface area contributed by atoms with E-state index in [4.69, 9.17) is 9.15 Å². The second-order valence-electron chi connectivity index (χ2n) is 8.07. The SMILES string of the molecule is Cc1cc(NC(=O)c2ccc(-c3c(-c4ccc(F)cc4)ncn3C3COCC3(F)F)o2)c(F)cn1. The minimum absolute atomic E-state index is 0.0704. The van der Waals surface area contributed by atoms with E-state index >= 15 is 0 Å². The lowest BCUT2D eigenvalue weighted by molar-refractivity contribution is -0.0320. The number of anilines is 1. The molecule has 1 saturated heterocycles. The number of nitrogens with zero attached hydrogens (tertiary/aromatic N) is 3. The molecule has 0 saturated carbocycles. The smallest absolute Gasteiger partial charge is 0.293 e. The number of hydrogen-bond donors (Lipinski definition) is 1. The van der Waals surface area contributed by atoms with Gasteiger partial charge in [-0.25, -0.2) is 22.5 Å². The van der Waals surface area contributed by atoms with Crippen LogP contribution in [0.4, 0.5) is 23.2 Å². The Morgan fingerprint density at radius 1 is 1.14 bits per heavy atom. The van der Waals surface area contributed by atoms with E-state index < -0.39 is 36.1 Å². The summed E-state index contributed by atoms with van der Waals surface area (Å²) in [6.07, 6.45) is 2.22. The zero-order valence-corrected chi connectivity index (χ0v) is 18.3. The Hall–Kier alpha value is -3.99. The zero-order valence-electron chi connectivity index (χ0n) is 18.3. The number of pyridine rings is 1. The number of benzene rings is 1. The molecule has 1 unspecified atom stereocenters. The van der Waals surface area contributed by atoms with E-state index in [1.54, 1.807) is 6.92 Å². The van der Waals surface area contributed by atoms with E-state index in [1.165, 1.54) is 53.4 Å². The quantitative estimate of drug-likeness (QED) is 0.390. The number of imidazole rings is 1. The number of amides is 1. The monoisotopic (exact) mass is 486 g/mol. The average molecular weight is 486 g/mol. The molecule has 1 atom stereocenters. The Kier molecular flexibility index (Phi) is 5.64. The minimum atomic E-state index is -3.17. The Bertz CT molecular complexity index is 1400. The summed E-state index contributed by atoms with van der Waals surface area (Å²) >= 11 is 0. The van der Waals surface area contributed by atoms with Crippen LogP contribution in [-0.4, -0.2) is 39.6 Å². The summed E-state index contributed by atoms with van der Waals surface area (Å²) in [5.74, 6) is -5.22. The predicted molar refractivity (Wildman–Crippen MR) is 117 cm³/mol. The molecule has 1 fully saturated rings. The van der Waals surface area contributed by atoms with Gasteiger partial charge in [-0.3, -0.25) is 9.78 Å². The maximum atomic E-state index is 14.5. The van der Waals surface area contributed by atoms with E-state index in [-0.39, 0.29) is 35.2 Å². The number of carbonyl (C=O) groups excluding carboxylic acids is 1. The molecule has 7 nitrogen and oxygen atoms in total. The first-order valence-corrected chi connectivity index (χ1v) is 10.5. The number of halogens is 4. The van der Waals surface area contributed by atoms with Gasteiger partial charge in [0.2, 0.25) is 0 Å². The fraction of sp³-hybridized carbons (Fsp3) is 0.208. The Morgan fingerprint density at radius 3 is 2.63 bits per heavy atom. The molecular weight excluding hydrogens is 468 g/mol. The molecule has 1 N–H and O–H groups in total. The molecule has 0 bridgehead atoms. The lowest BCUT2D eigenvalue weighted by atomic mass is 10.1. The largest absolute Gasteiger partial charge is 0.449 e. The van der Waals surface area contributed by atoms with Gasteiger partial charge in [-0.2, -0.15) is 0 Å². The number of furan rings is 1. The summed E-state index contributed by atoms with van der Waals surface area (Å²) < 4.78 is 68.5. The van der Waals surface area contributed by atoms with Crippen LogP contribution in [0.15, 0.2) is 59.4 Å². The number of aromatic nitrogens is 3. The van der Waals surface area contributed by atoms with Crippen LogP contribution in [0.5, 0.6) is 0 Å². The lowest BCUT2D eigenvalue weighted by Crippen LogP contribution is -2.29. The summed E-state index contributed by atoms with van der Waals surface area (Å²) in [7, 11) is 0. The van der Waals surface area contributed by atoms with Crippen LogP contribution < -0.4 is 5.32 Å². The Balaban J connectivity index is 1.55. The number of nitrogens with one attached hydrogen (secondary N) is 1. The van der Waals surface area contributed by atoms with Crippen molar-refractivity contribution >= 4 is 11.6 Å². The van der Waals surface area contributed by atoms with Gasteiger partial charge in [0, 0.05) is 11.3 Å². The van der Waals surface area contributed by atoms with Crippen molar-refractivity contribution in [3.63, 3.8) is 0 Å². The van der Waals surface area contributed by atoms with Gasteiger partial charge in [-0.05, 0) is 49.4 Å². The molecule has 4 heterocycles. The highest BCUT2D eigenvalue weighted by atomic mass is 19.3. The molecule has 0 spiro atoms. The summed E-state index contributed by atoms with van der Waals surface area (Å²) in [6, 6.07) is 8.12. The van der Waals surface area contributed by atoms with Crippen molar-refractivity contribution in [2.45, 2.75) is 18.9 Å². The topological polar surface area (TPSA) is 82.2 Å². The highest BCUT2D eigenvalue weighted by Crippen LogP contribution is 2.41. The standard InChI is InChI=1S/C24H18F4N4O3/c1-13-8-17(16(26)9-29-13)31-23(33)19-7-6-18(35-19)22-21(14-2-4-15(25)5-3-14)30-12-32(22)20-10-34-11-24(20,27)28/h2-9,12,20H,10-11H2,1H3,(H,29,31,33). The van der Waals surface area contributed by atoms with Gasteiger partial charge in [0.05, 0.1) is 30.5 Å². The van der Waals surface area contributed by atoms with Gasteiger partial charge in [-0.15, -0.1) is 0 Å². The van der Waals surface area contributed by atoms with E-state index in [0.29, 0.717) is 11.3 Å². The molecule has 1 aliphatic heterocycles. The van der Waals surface area contributed by atoms with Crippen LogP contribution in [0, 0.1) is 18.6 Å². The van der Waals surface area contributed by atoms with Crippen molar-refractivity contribution in [1.82, 2.24) is 14.5 Å². The first-order valence-electron chi connectivity index (χ1n) is 10.5. The predicted octanol–water partition coefficient (Wildman–Crippen LogP) is 5.25. The number of hydrogen-bond acceptors (Lipinski definition) is 5. The summed E-state index contributed by atoms with van der Waals surface area (Å²) in [5.41, 5.74) is 1.29. The fourth-order valence-corrected chi connectivity index (χ4v) is 3.88. The van der Waals surface area contributed by atoms with Crippen molar-refractivity contribution in [3.8, 4) is 22.7 Å². The molecule has 3 aromatic heterocycles. The second-order valence-corrected chi connectivity index (χ2v) is 8.07.